The maximum atomic E-state index is 13.6. The summed E-state index contributed by atoms with van der Waals surface area (Å²) in [4.78, 5) is 12.0. The molecule has 0 unspecified atom stereocenters. The Hall–Kier alpha value is -2.63. The van der Waals surface area contributed by atoms with Crippen molar-refractivity contribution in [3.05, 3.63) is 59.2 Å². The number of fused-ring (bicyclic) bond motifs is 1. The molecule has 4 nitrogen and oxygen atoms in total. The van der Waals surface area contributed by atoms with E-state index in [1.807, 2.05) is 18.2 Å². The van der Waals surface area contributed by atoms with E-state index in [1.165, 1.54) is 6.07 Å². The third-order valence-electron chi connectivity index (χ3n) is 4.00. The molecular weight excluding hydrogens is 316 g/mol. The van der Waals surface area contributed by atoms with Crippen LogP contribution in [0, 0.1) is 17.6 Å². The molecule has 126 valence electrons. The van der Waals surface area contributed by atoms with Crippen LogP contribution in [0.2, 0.25) is 0 Å². The van der Waals surface area contributed by atoms with Crippen LogP contribution in [0.25, 0.3) is 0 Å². The van der Waals surface area contributed by atoms with Crippen molar-refractivity contribution in [3.63, 3.8) is 0 Å². The number of halogens is 2. The minimum atomic E-state index is -0.871. The molecule has 2 aromatic rings. The van der Waals surface area contributed by atoms with Crippen LogP contribution in [0.5, 0.6) is 11.5 Å². The second kappa shape index (κ2) is 6.86. The van der Waals surface area contributed by atoms with Crippen LogP contribution in [-0.4, -0.2) is 26.2 Å². The molecule has 3 rings (SSSR count). The lowest BCUT2D eigenvalue weighted by Crippen LogP contribution is -2.35. The fraction of sp³-hybridized carbons (Fsp3) is 0.278. The summed E-state index contributed by atoms with van der Waals surface area (Å²) in [6.45, 7) is 0.693. The Bertz CT molecular complexity index is 744. The molecule has 24 heavy (non-hydrogen) atoms. The second-order valence-corrected chi connectivity index (χ2v) is 5.66. The van der Waals surface area contributed by atoms with E-state index in [4.69, 9.17) is 9.47 Å². The van der Waals surface area contributed by atoms with Crippen molar-refractivity contribution in [1.29, 1.82) is 0 Å². The number of hydrogen-bond donors (Lipinski definition) is 1. The van der Waals surface area contributed by atoms with Crippen LogP contribution in [0.15, 0.2) is 36.4 Å². The molecule has 0 spiro atoms. The topological polar surface area (TPSA) is 47.6 Å². The number of rotatable bonds is 4. The van der Waals surface area contributed by atoms with Crippen LogP contribution >= 0.6 is 0 Å². The first-order chi connectivity index (χ1) is 11.6. The lowest BCUT2D eigenvalue weighted by molar-refractivity contribution is 0.0930. The van der Waals surface area contributed by atoms with E-state index in [2.05, 4.69) is 5.32 Å². The number of ether oxygens (including phenoxy) is 2. The summed E-state index contributed by atoms with van der Waals surface area (Å²) in [6, 6.07) is 8.92. The summed E-state index contributed by atoms with van der Waals surface area (Å²) in [7, 11) is 1.59. The molecule has 0 fully saturated rings. The normalized spacial score (nSPS) is 16.0. The van der Waals surface area contributed by atoms with E-state index in [-0.39, 0.29) is 12.5 Å². The largest absolute Gasteiger partial charge is 0.497 e. The van der Waals surface area contributed by atoms with Gasteiger partial charge in [-0.2, -0.15) is 0 Å². The molecule has 1 heterocycles. The Morgan fingerprint density at radius 2 is 2.04 bits per heavy atom. The Kier molecular flexibility index (Phi) is 4.64. The summed E-state index contributed by atoms with van der Waals surface area (Å²) < 4.78 is 38.0. The van der Waals surface area contributed by atoms with Gasteiger partial charge in [0, 0.05) is 18.5 Å². The zero-order valence-electron chi connectivity index (χ0n) is 13.1. The van der Waals surface area contributed by atoms with Crippen LogP contribution in [0.4, 0.5) is 8.78 Å². The molecule has 0 aliphatic carbocycles. The average molecular weight is 333 g/mol. The first-order valence-corrected chi connectivity index (χ1v) is 7.60. The Morgan fingerprint density at radius 3 is 2.75 bits per heavy atom. The van der Waals surface area contributed by atoms with Crippen LogP contribution < -0.4 is 14.8 Å². The molecule has 0 bridgehead atoms. The van der Waals surface area contributed by atoms with Gasteiger partial charge < -0.3 is 14.8 Å². The third-order valence-corrected chi connectivity index (χ3v) is 4.00. The lowest BCUT2D eigenvalue weighted by atomic mass is 9.96. The van der Waals surface area contributed by atoms with E-state index < -0.39 is 23.1 Å². The highest BCUT2D eigenvalue weighted by atomic mass is 19.1. The molecule has 6 heteroatoms. The minimum absolute atomic E-state index is 0.0321. The minimum Gasteiger partial charge on any atom is -0.497 e. The molecule has 0 saturated carbocycles. The molecule has 0 aromatic heterocycles. The third kappa shape index (κ3) is 3.32. The smallest absolute Gasteiger partial charge is 0.257 e. The van der Waals surface area contributed by atoms with Crippen LogP contribution in [-0.2, 0) is 6.42 Å². The molecule has 1 aliphatic rings. The highest BCUT2D eigenvalue weighted by Gasteiger charge is 2.23. The number of amides is 1. The van der Waals surface area contributed by atoms with Gasteiger partial charge >= 0.3 is 0 Å². The molecule has 2 aromatic carbocycles. The molecule has 1 atom stereocenters. The van der Waals surface area contributed by atoms with Crippen molar-refractivity contribution in [3.8, 4) is 11.5 Å². The summed E-state index contributed by atoms with van der Waals surface area (Å²) >= 11 is 0. The van der Waals surface area contributed by atoms with Gasteiger partial charge in [0.25, 0.3) is 5.91 Å². The maximum absolute atomic E-state index is 13.6. The van der Waals surface area contributed by atoms with E-state index in [0.717, 1.165) is 29.2 Å². The highest BCUT2D eigenvalue weighted by Crippen LogP contribution is 2.30. The SMILES string of the molecule is COc1ccc2c(c1)OC[C@@H](CNC(=O)c1c(F)cccc1F)C2. The number of methoxy groups -OCH3 is 1. The summed E-state index contributed by atoms with van der Waals surface area (Å²) in [5.74, 6) is -0.988. The number of benzene rings is 2. The predicted octanol–water partition coefficient (Wildman–Crippen LogP) is 2.95. The quantitative estimate of drug-likeness (QED) is 0.936. The number of hydrogen-bond acceptors (Lipinski definition) is 3. The average Bonchev–Trinajstić information content (AvgIpc) is 2.59. The molecule has 1 aliphatic heterocycles. The number of carbonyl (C=O) groups excluding carboxylic acids is 1. The van der Waals surface area contributed by atoms with E-state index in [9.17, 15) is 13.6 Å². The van der Waals surface area contributed by atoms with Gasteiger partial charge in [-0.25, -0.2) is 8.78 Å². The Balaban J connectivity index is 1.62. The zero-order chi connectivity index (χ0) is 17.1. The van der Waals surface area contributed by atoms with Gasteiger partial charge in [0.2, 0.25) is 0 Å². The van der Waals surface area contributed by atoms with Crippen molar-refractivity contribution in [1.82, 2.24) is 5.32 Å². The van der Waals surface area contributed by atoms with Crippen molar-refractivity contribution >= 4 is 5.91 Å². The van der Waals surface area contributed by atoms with Gasteiger partial charge in [0.05, 0.1) is 13.7 Å². The Labute approximate surface area is 138 Å². The van der Waals surface area contributed by atoms with E-state index >= 15 is 0 Å². The molecule has 0 saturated heterocycles. The summed E-state index contributed by atoms with van der Waals surface area (Å²) in [6.07, 6.45) is 0.708. The van der Waals surface area contributed by atoms with Crippen molar-refractivity contribution in [2.24, 2.45) is 5.92 Å². The lowest BCUT2D eigenvalue weighted by Gasteiger charge is -2.25. The van der Waals surface area contributed by atoms with Crippen molar-refractivity contribution < 1.29 is 23.0 Å². The molecule has 1 amide bonds. The number of nitrogens with one attached hydrogen (secondary N) is 1. The highest BCUT2D eigenvalue weighted by molar-refractivity contribution is 5.94. The van der Waals surface area contributed by atoms with Gasteiger partial charge in [-0.3, -0.25) is 4.79 Å². The molecule has 1 N–H and O–H groups in total. The van der Waals surface area contributed by atoms with Gasteiger partial charge in [-0.15, -0.1) is 0 Å². The maximum Gasteiger partial charge on any atom is 0.257 e. The first-order valence-electron chi connectivity index (χ1n) is 7.60. The fourth-order valence-corrected chi connectivity index (χ4v) is 2.71. The van der Waals surface area contributed by atoms with Crippen LogP contribution in [0.1, 0.15) is 15.9 Å². The first kappa shape index (κ1) is 16.2. The summed E-state index contributed by atoms with van der Waals surface area (Å²) in [5, 5.41) is 2.58. The van der Waals surface area contributed by atoms with Gasteiger partial charge in [0.1, 0.15) is 28.7 Å². The van der Waals surface area contributed by atoms with Gasteiger partial charge in [-0.05, 0) is 30.2 Å². The number of carbonyl (C=O) groups is 1. The van der Waals surface area contributed by atoms with Crippen LogP contribution in [0.3, 0.4) is 0 Å². The zero-order valence-corrected chi connectivity index (χ0v) is 13.1. The second-order valence-electron chi connectivity index (χ2n) is 5.66. The predicted molar refractivity (Wildman–Crippen MR) is 84.4 cm³/mol. The van der Waals surface area contributed by atoms with Gasteiger partial charge in [0.15, 0.2) is 0 Å². The summed E-state index contributed by atoms with van der Waals surface area (Å²) in [5.41, 5.74) is 0.456. The fourth-order valence-electron chi connectivity index (χ4n) is 2.71. The molecule has 0 radical (unpaired) electrons. The van der Waals surface area contributed by atoms with Crippen molar-refractivity contribution in [2.75, 3.05) is 20.3 Å². The van der Waals surface area contributed by atoms with E-state index in [0.29, 0.717) is 13.0 Å². The Morgan fingerprint density at radius 1 is 1.29 bits per heavy atom. The van der Waals surface area contributed by atoms with Crippen molar-refractivity contribution in [2.45, 2.75) is 6.42 Å². The van der Waals surface area contributed by atoms with Gasteiger partial charge in [-0.1, -0.05) is 12.1 Å². The van der Waals surface area contributed by atoms with E-state index in [1.54, 1.807) is 7.11 Å². The molecular formula is C18H17F2NO3. The monoisotopic (exact) mass is 333 g/mol. The standard InChI is InChI=1S/C18H17F2NO3/c1-23-13-6-5-12-7-11(10-24-16(12)8-13)9-21-18(22)17-14(19)3-2-4-15(17)20/h2-6,8,11H,7,9-10H2,1H3,(H,21,22)/t11-/m1/s1.